The van der Waals surface area contributed by atoms with Crippen molar-refractivity contribution in [2.24, 2.45) is 0 Å². The van der Waals surface area contributed by atoms with Gasteiger partial charge in [-0.25, -0.2) is 9.37 Å². The lowest BCUT2D eigenvalue weighted by molar-refractivity contribution is 0.112. The highest BCUT2D eigenvalue weighted by Gasteiger charge is 2.07. The van der Waals surface area contributed by atoms with Gasteiger partial charge in [0.1, 0.15) is 5.82 Å². The van der Waals surface area contributed by atoms with Crippen molar-refractivity contribution in [2.75, 3.05) is 11.9 Å². The largest absolute Gasteiger partial charge is 0.347 e. The van der Waals surface area contributed by atoms with Crippen LogP contribution in [-0.4, -0.2) is 18.3 Å². The van der Waals surface area contributed by atoms with E-state index in [9.17, 15) is 9.18 Å². The Morgan fingerprint density at radius 2 is 2.35 bits per heavy atom. The van der Waals surface area contributed by atoms with Crippen LogP contribution in [0.5, 0.6) is 0 Å². The van der Waals surface area contributed by atoms with E-state index < -0.39 is 0 Å². The zero-order chi connectivity index (χ0) is 12.3. The Balaban J connectivity index is 2.10. The number of aromatic nitrogens is 1. The molecule has 2 aromatic rings. The number of carbonyl (C=O) groups is 1. The van der Waals surface area contributed by atoms with Crippen LogP contribution in [-0.2, 0) is 6.54 Å². The molecular formula is C12H11FN2OS. The molecule has 0 unspecified atom stereocenters. The molecule has 0 radical (unpaired) electrons. The zero-order valence-corrected chi connectivity index (χ0v) is 10.1. The molecule has 0 bridgehead atoms. The van der Waals surface area contributed by atoms with Crippen LogP contribution in [0.1, 0.15) is 15.2 Å². The predicted molar refractivity (Wildman–Crippen MR) is 66.0 cm³/mol. The molecule has 0 saturated carbocycles. The molecular weight excluding hydrogens is 239 g/mol. The fourth-order valence-electron chi connectivity index (χ4n) is 1.48. The van der Waals surface area contributed by atoms with E-state index in [4.69, 9.17) is 0 Å². The van der Waals surface area contributed by atoms with Crippen LogP contribution >= 0.6 is 11.3 Å². The van der Waals surface area contributed by atoms with E-state index in [-0.39, 0.29) is 5.82 Å². The van der Waals surface area contributed by atoms with Crippen molar-refractivity contribution in [3.8, 4) is 0 Å². The van der Waals surface area contributed by atoms with E-state index in [0.29, 0.717) is 11.4 Å². The third-order valence-corrected chi connectivity index (χ3v) is 3.30. The fourth-order valence-corrected chi connectivity index (χ4v) is 2.17. The third-order valence-electron chi connectivity index (χ3n) is 2.26. The summed E-state index contributed by atoms with van der Waals surface area (Å²) in [5.41, 5.74) is 0.871. The number of anilines is 1. The first-order valence-electron chi connectivity index (χ1n) is 5.05. The van der Waals surface area contributed by atoms with Gasteiger partial charge in [0.05, 0.1) is 11.1 Å². The minimum atomic E-state index is -0.247. The molecule has 1 aromatic carbocycles. The van der Waals surface area contributed by atoms with Crippen molar-refractivity contribution in [1.29, 1.82) is 0 Å². The summed E-state index contributed by atoms with van der Waals surface area (Å²) in [6.07, 6.45) is 2.31. The average Bonchev–Trinajstić information content (AvgIpc) is 2.77. The summed E-state index contributed by atoms with van der Waals surface area (Å²) in [6.45, 7) is 0.559. The molecule has 5 heteroatoms. The van der Waals surface area contributed by atoms with Crippen LogP contribution in [0.15, 0.2) is 30.5 Å². The Bertz CT molecular complexity index is 527. The standard InChI is InChI=1S/C12H11FN2OS/c1-15(12-14-6-11(8-16)17-12)7-9-3-2-4-10(13)5-9/h2-6,8H,7H2,1H3. The first-order valence-corrected chi connectivity index (χ1v) is 5.87. The van der Waals surface area contributed by atoms with E-state index in [2.05, 4.69) is 4.98 Å². The molecule has 3 nitrogen and oxygen atoms in total. The number of carbonyl (C=O) groups excluding carboxylic acids is 1. The monoisotopic (exact) mass is 250 g/mol. The van der Waals surface area contributed by atoms with Gasteiger partial charge in [-0.15, -0.1) is 0 Å². The molecule has 0 aliphatic carbocycles. The maximum Gasteiger partial charge on any atom is 0.185 e. The molecule has 0 spiro atoms. The van der Waals surface area contributed by atoms with Crippen molar-refractivity contribution < 1.29 is 9.18 Å². The summed E-state index contributed by atoms with van der Waals surface area (Å²) in [6, 6.07) is 6.44. The lowest BCUT2D eigenvalue weighted by Gasteiger charge is -2.15. The van der Waals surface area contributed by atoms with Gasteiger partial charge in [-0.05, 0) is 17.7 Å². The molecule has 17 heavy (non-hydrogen) atoms. The summed E-state index contributed by atoms with van der Waals surface area (Å²) in [4.78, 5) is 17.1. The van der Waals surface area contributed by atoms with Crippen LogP contribution in [0.3, 0.4) is 0 Å². The average molecular weight is 250 g/mol. The molecule has 0 fully saturated rings. The van der Waals surface area contributed by atoms with E-state index >= 15 is 0 Å². The lowest BCUT2D eigenvalue weighted by Crippen LogP contribution is -2.15. The molecule has 0 aliphatic rings. The van der Waals surface area contributed by atoms with Crippen molar-refractivity contribution in [1.82, 2.24) is 4.98 Å². The molecule has 0 atom stereocenters. The van der Waals surface area contributed by atoms with Crippen LogP contribution in [0.2, 0.25) is 0 Å². The maximum atomic E-state index is 13.0. The smallest absolute Gasteiger partial charge is 0.185 e. The predicted octanol–water partition coefficient (Wildman–Crippen LogP) is 2.73. The first kappa shape index (κ1) is 11.7. The second kappa shape index (κ2) is 5.05. The summed E-state index contributed by atoms with van der Waals surface area (Å²) >= 11 is 1.32. The minimum absolute atomic E-state index is 0.247. The minimum Gasteiger partial charge on any atom is -0.347 e. The van der Waals surface area contributed by atoms with E-state index in [1.165, 1.54) is 29.7 Å². The highest BCUT2D eigenvalue weighted by atomic mass is 32.1. The van der Waals surface area contributed by atoms with Crippen molar-refractivity contribution in [3.63, 3.8) is 0 Å². The molecule has 0 N–H and O–H groups in total. The second-order valence-electron chi connectivity index (χ2n) is 3.65. The quantitative estimate of drug-likeness (QED) is 0.782. The number of rotatable bonds is 4. The summed E-state index contributed by atoms with van der Waals surface area (Å²) < 4.78 is 13.0. The van der Waals surface area contributed by atoms with Gasteiger partial charge in [0, 0.05) is 13.6 Å². The van der Waals surface area contributed by atoms with Crippen molar-refractivity contribution in [3.05, 3.63) is 46.7 Å². The Morgan fingerprint density at radius 3 is 3.00 bits per heavy atom. The van der Waals surface area contributed by atoms with Gasteiger partial charge in [0.25, 0.3) is 0 Å². The number of nitrogens with zero attached hydrogens (tertiary/aromatic N) is 2. The second-order valence-corrected chi connectivity index (χ2v) is 4.69. The summed E-state index contributed by atoms with van der Waals surface area (Å²) in [5, 5.41) is 0.747. The van der Waals surface area contributed by atoms with Gasteiger partial charge in [-0.1, -0.05) is 23.5 Å². The van der Waals surface area contributed by atoms with Gasteiger partial charge in [-0.2, -0.15) is 0 Å². The van der Waals surface area contributed by atoms with E-state index in [0.717, 1.165) is 17.0 Å². The van der Waals surface area contributed by atoms with E-state index in [1.807, 2.05) is 18.0 Å². The number of thiazole rings is 1. The van der Waals surface area contributed by atoms with Crippen LogP contribution < -0.4 is 4.90 Å². The van der Waals surface area contributed by atoms with Gasteiger partial charge in [0.15, 0.2) is 11.4 Å². The van der Waals surface area contributed by atoms with Gasteiger partial charge in [0.2, 0.25) is 0 Å². The van der Waals surface area contributed by atoms with Gasteiger partial charge in [-0.3, -0.25) is 4.79 Å². The van der Waals surface area contributed by atoms with Crippen LogP contribution in [0.4, 0.5) is 9.52 Å². The highest BCUT2D eigenvalue weighted by Crippen LogP contribution is 2.21. The molecule has 0 amide bonds. The Hall–Kier alpha value is -1.75. The number of hydrogen-bond donors (Lipinski definition) is 0. The first-order chi connectivity index (χ1) is 8.19. The van der Waals surface area contributed by atoms with Gasteiger partial charge < -0.3 is 4.90 Å². The molecule has 0 aliphatic heterocycles. The van der Waals surface area contributed by atoms with E-state index in [1.54, 1.807) is 6.07 Å². The Kier molecular flexibility index (Phi) is 3.49. The molecule has 1 aromatic heterocycles. The topological polar surface area (TPSA) is 33.2 Å². The number of halogens is 1. The normalized spacial score (nSPS) is 10.2. The molecule has 1 heterocycles. The fraction of sp³-hybridized carbons (Fsp3) is 0.167. The number of aldehydes is 1. The SMILES string of the molecule is CN(Cc1cccc(F)c1)c1ncc(C=O)s1. The number of hydrogen-bond acceptors (Lipinski definition) is 4. The molecule has 88 valence electrons. The summed E-state index contributed by atoms with van der Waals surface area (Å²) in [7, 11) is 1.86. The van der Waals surface area contributed by atoms with Crippen molar-refractivity contribution >= 4 is 22.8 Å². The lowest BCUT2D eigenvalue weighted by atomic mass is 10.2. The van der Waals surface area contributed by atoms with Crippen molar-refractivity contribution in [2.45, 2.75) is 6.54 Å². The maximum absolute atomic E-state index is 13.0. The molecule has 2 rings (SSSR count). The Labute approximate surface area is 103 Å². The third kappa shape index (κ3) is 2.88. The highest BCUT2D eigenvalue weighted by molar-refractivity contribution is 7.17. The van der Waals surface area contributed by atoms with Crippen LogP contribution in [0, 0.1) is 5.82 Å². The molecule has 0 saturated heterocycles. The van der Waals surface area contributed by atoms with Crippen LogP contribution in [0.25, 0.3) is 0 Å². The number of benzene rings is 1. The summed E-state index contributed by atoms with van der Waals surface area (Å²) in [5.74, 6) is -0.247. The van der Waals surface area contributed by atoms with Gasteiger partial charge >= 0.3 is 0 Å². The Morgan fingerprint density at radius 1 is 1.53 bits per heavy atom. The zero-order valence-electron chi connectivity index (χ0n) is 9.26.